The van der Waals surface area contributed by atoms with E-state index in [9.17, 15) is 0 Å². The fourth-order valence-electron chi connectivity index (χ4n) is 9.94. The second kappa shape index (κ2) is 13.0. The number of hydrogen-bond donors (Lipinski definition) is 0. The third-order valence-electron chi connectivity index (χ3n) is 12.6. The fraction of sp³-hybridized carbons (Fsp3) is 0. The standard InChI is InChI=1S/C58H34OS/c1-2-13-35(14-3-1)39-27-29-46-49(32-39)55(45-20-9-8-19-44(45)54(46)40-26-25-36-15-4-5-17-38(36)31-40)50-33-41(34-53-57(50)47-21-10-11-24-52(47)60-53)43-22-12-23-48-56-42-18-7-6-16-37(42)28-30-51(56)59-58(43)48/h1-34H. The Morgan fingerprint density at radius 1 is 0.300 bits per heavy atom. The third kappa shape index (κ3) is 4.98. The van der Waals surface area contributed by atoms with Gasteiger partial charge in [0.2, 0.25) is 0 Å². The van der Waals surface area contributed by atoms with Gasteiger partial charge in [-0.05, 0) is 118 Å². The van der Waals surface area contributed by atoms with Gasteiger partial charge in [-0.3, -0.25) is 0 Å². The Kier molecular flexibility index (Phi) is 7.24. The van der Waals surface area contributed by atoms with Crippen molar-refractivity contribution in [3.05, 3.63) is 206 Å². The molecule has 0 fully saturated rings. The first-order valence-corrected chi connectivity index (χ1v) is 21.4. The molecule has 0 amide bonds. The number of para-hydroxylation sites is 1. The molecule has 0 saturated carbocycles. The lowest BCUT2D eigenvalue weighted by Gasteiger charge is -2.20. The first kappa shape index (κ1) is 33.5. The molecule has 0 aliphatic carbocycles. The van der Waals surface area contributed by atoms with Crippen molar-refractivity contribution < 1.29 is 4.42 Å². The Bertz CT molecular complexity index is 3890. The summed E-state index contributed by atoms with van der Waals surface area (Å²) in [5.74, 6) is 0. The molecule has 1 nitrogen and oxygen atoms in total. The van der Waals surface area contributed by atoms with Gasteiger partial charge >= 0.3 is 0 Å². The van der Waals surface area contributed by atoms with Crippen molar-refractivity contribution in [2.24, 2.45) is 0 Å². The van der Waals surface area contributed by atoms with Crippen molar-refractivity contribution in [2.75, 3.05) is 0 Å². The minimum absolute atomic E-state index is 0.911. The highest BCUT2D eigenvalue weighted by atomic mass is 32.1. The van der Waals surface area contributed by atoms with Crippen LogP contribution in [0.1, 0.15) is 0 Å². The Labute approximate surface area is 350 Å². The van der Waals surface area contributed by atoms with E-state index < -0.39 is 0 Å². The van der Waals surface area contributed by atoms with Crippen molar-refractivity contribution >= 4 is 96.5 Å². The molecule has 0 unspecified atom stereocenters. The fourth-order valence-corrected chi connectivity index (χ4v) is 11.1. The van der Waals surface area contributed by atoms with E-state index in [1.807, 2.05) is 11.3 Å². The minimum Gasteiger partial charge on any atom is -0.455 e. The van der Waals surface area contributed by atoms with Gasteiger partial charge in [0, 0.05) is 36.5 Å². The average molecular weight is 779 g/mol. The number of benzene rings is 11. The molecular weight excluding hydrogens is 745 g/mol. The topological polar surface area (TPSA) is 13.1 Å². The van der Waals surface area contributed by atoms with Crippen LogP contribution in [0.3, 0.4) is 0 Å². The molecule has 0 N–H and O–H groups in total. The lowest BCUT2D eigenvalue weighted by atomic mass is 9.83. The van der Waals surface area contributed by atoms with Crippen LogP contribution in [0.15, 0.2) is 211 Å². The van der Waals surface area contributed by atoms with Gasteiger partial charge < -0.3 is 4.42 Å². The van der Waals surface area contributed by atoms with E-state index in [1.54, 1.807) is 0 Å². The zero-order chi connectivity index (χ0) is 39.3. The minimum atomic E-state index is 0.911. The van der Waals surface area contributed by atoms with Crippen LogP contribution in [0.2, 0.25) is 0 Å². The summed E-state index contributed by atoms with van der Waals surface area (Å²) in [5.41, 5.74) is 11.4. The molecule has 0 spiro atoms. The molecule has 0 aliphatic rings. The maximum Gasteiger partial charge on any atom is 0.143 e. The molecule has 2 heterocycles. The predicted octanol–water partition coefficient (Wildman–Crippen LogP) is 17.2. The van der Waals surface area contributed by atoms with Gasteiger partial charge in [0.05, 0.1) is 0 Å². The van der Waals surface area contributed by atoms with Crippen LogP contribution in [0.25, 0.3) is 130 Å². The van der Waals surface area contributed by atoms with Gasteiger partial charge in [-0.25, -0.2) is 0 Å². The molecule has 0 atom stereocenters. The lowest BCUT2D eigenvalue weighted by Crippen LogP contribution is -1.93. The van der Waals surface area contributed by atoms with E-state index in [2.05, 4.69) is 206 Å². The Hall–Kier alpha value is -7.52. The molecule has 0 aliphatic heterocycles. The van der Waals surface area contributed by atoms with Gasteiger partial charge in [0.1, 0.15) is 11.2 Å². The number of hydrogen-bond acceptors (Lipinski definition) is 2. The highest BCUT2D eigenvalue weighted by molar-refractivity contribution is 7.26. The lowest BCUT2D eigenvalue weighted by molar-refractivity contribution is 0.670. The van der Waals surface area contributed by atoms with E-state index in [0.29, 0.717) is 0 Å². The zero-order valence-corrected chi connectivity index (χ0v) is 33.3. The first-order chi connectivity index (χ1) is 29.7. The molecule has 0 saturated heterocycles. The summed E-state index contributed by atoms with van der Waals surface area (Å²) in [5, 5.41) is 14.7. The summed E-state index contributed by atoms with van der Waals surface area (Å²) in [4.78, 5) is 0. The molecular formula is C58H34OS. The second-order valence-corrected chi connectivity index (χ2v) is 17.0. The molecule has 60 heavy (non-hydrogen) atoms. The van der Waals surface area contributed by atoms with Crippen molar-refractivity contribution in [2.45, 2.75) is 0 Å². The smallest absolute Gasteiger partial charge is 0.143 e. The van der Waals surface area contributed by atoms with E-state index >= 15 is 0 Å². The largest absolute Gasteiger partial charge is 0.455 e. The normalized spacial score (nSPS) is 12.0. The second-order valence-electron chi connectivity index (χ2n) is 15.9. The van der Waals surface area contributed by atoms with Crippen molar-refractivity contribution in [3.8, 4) is 44.5 Å². The predicted molar refractivity (Wildman–Crippen MR) is 258 cm³/mol. The monoisotopic (exact) mass is 778 g/mol. The van der Waals surface area contributed by atoms with E-state index in [-0.39, 0.29) is 0 Å². The van der Waals surface area contributed by atoms with Gasteiger partial charge in [-0.15, -0.1) is 11.3 Å². The number of fused-ring (bicyclic) bond motifs is 11. The van der Waals surface area contributed by atoms with Crippen LogP contribution >= 0.6 is 11.3 Å². The highest BCUT2D eigenvalue weighted by Gasteiger charge is 2.23. The van der Waals surface area contributed by atoms with Crippen LogP contribution < -0.4 is 0 Å². The third-order valence-corrected chi connectivity index (χ3v) is 13.7. The number of furan rings is 1. The van der Waals surface area contributed by atoms with Crippen LogP contribution in [-0.4, -0.2) is 0 Å². The quantitative estimate of drug-likeness (QED) is 0.162. The summed E-state index contributed by atoms with van der Waals surface area (Å²) in [6, 6.07) is 75.9. The summed E-state index contributed by atoms with van der Waals surface area (Å²) in [6.45, 7) is 0. The molecule has 0 bridgehead atoms. The highest BCUT2D eigenvalue weighted by Crippen LogP contribution is 2.51. The Morgan fingerprint density at radius 3 is 1.83 bits per heavy atom. The molecule has 0 radical (unpaired) electrons. The summed E-state index contributed by atoms with van der Waals surface area (Å²) >= 11 is 1.87. The van der Waals surface area contributed by atoms with E-state index in [1.165, 1.54) is 102 Å². The molecule has 2 heteroatoms. The average Bonchev–Trinajstić information content (AvgIpc) is 3.89. The van der Waals surface area contributed by atoms with Crippen LogP contribution in [0.5, 0.6) is 0 Å². The van der Waals surface area contributed by atoms with Crippen molar-refractivity contribution in [3.63, 3.8) is 0 Å². The molecule has 278 valence electrons. The number of thiophene rings is 1. The van der Waals surface area contributed by atoms with Crippen LogP contribution in [0, 0.1) is 0 Å². The van der Waals surface area contributed by atoms with E-state index in [4.69, 9.17) is 4.42 Å². The molecule has 11 aromatic carbocycles. The van der Waals surface area contributed by atoms with Gasteiger partial charge in [-0.2, -0.15) is 0 Å². The van der Waals surface area contributed by atoms with E-state index in [0.717, 1.165) is 27.7 Å². The van der Waals surface area contributed by atoms with Gasteiger partial charge in [-0.1, -0.05) is 170 Å². The Balaban J connectivity index is 1.17. The first-order valence-electron chi connectivity index (χ1n) is 20.6. The van der Waals surface area contributed by atoms with Gasteiger partial charge in [0.15, 0.2) is 0 Å². The SMILES string of the molecule is c1ccc(-c2ccc3c(-c4ccc5ccccc5c4)c4ccccc4c(-c4cc(-c5cccc6c5oc5ccc7ccccc7c56)cc5sc6ccccc6c45)c3c2)cc1. The van der Waals surface area contributed by atoms with Gasteiger partial charge in [0.25, 0.3) is 0 Å². The molecule has 13 aromatic rings. The maximum absolute atomic E-state index is 6.87. The van der Waals surface area contributed by atoms with Crippen molar-refractivity contribution in [1.82, 2.24) is 0 Å². The summed E-state index contributed by atoms with van der Waals surface area (Å²) in [6.07, 6.45) is 0. The number of rotatable bonds is 4. The molecule has 2 aromatic heterocycles. The maximum atomic E-state index is 6.87. The zero-order valence-electron chi connectivity index (χ0n) is 32.4. The summed E-state index contributed by atoms with van der Waals surface area (Å²) in [7, 11) is 0. The summed E-state index contributed by atoms with van der Waals surface area (Å²) < 4.78 is 9.41. The van der Waals surface area contributed by atoms with Crippen molar-refractivity contribution in [1.29, 1.82) is 0 Å². The van der Waals surface area contributed by atoms with Crippen LogP contribution in [-0.2, 0) is 0 Å². The Morgan fingerprint density at radius 2 is 0.967 bits per heavy atom. The molecule has 13 rings (SSSR count). The van der Waals surface area contributed by atoms with Crippen LogP contribution in [0.4, 0.5) is 0 Å².